The van der Waals surface area contributed by atoms with Crippen molar-refractivity contribution in [3.05, 3.63) is 45.8 Å². The normalized spacial score (nSPS) is 19.0. The number of likely N-dealkylation sites (tertiary alicyclic amines) is 2. The van der Waals surface area contributed by atoms with Crippen LogP contribution in [-0.2, 0) is 4.79 Å². The third-order valence-corrected chi connectivity index (χ3v) is 19.3. The van der Waals surface area contributed by atoms with Crippen molar-refractivity contribution in [2.75, 3.05) is 124 Å². The molecule has 7 radical (unpaired) electrons. The van der Waals surface area contributed by atoms with Crippen LogP contribution in [0.5, 0.6) is 0 Å². The van der Waals surface area contributed by atoms with Gasteiger partial charge in [0.2, 0.25) is 5.91 Å². The molecule has 19 N–H and O–H groups in total. The van der Waals surface area contributed by atoms with Gasteiger partial charge in [0, 0.05) is 230 Å². The molecule has 2 fully saturated rings. The highest BCUT2D eigenvalue weighted by atomic mass is 16.1. The fourth-order valence-electron chi connectivity index (χ4n) is 13.9. The number of hydrogen-bond donors (Lipinski definition) is 17. The molecule has 0 aromatic heterocycles. The first-order valence-corrected chi connectivity index (χ1v) is 39.6. The minimum atomic E-state index is -0.255. The van der Waals surface area contributed by atoms with E-state index >= 15 is 0 Å². The van der Waals surface area contributed by atoms with E-state index in [2.05, 4.69) is 240 Å². The van der Waals surface area contributed by atoms with Crippen LogP contribution < -0.4 is 91.2 Å². The van der Waals surface area contributed by atoms with Gasteiger partial charge in [-0.1, -0.05) is 125 Å². The van der Waals surface area contributed by atoms with E-state index in [4.69, 9.17) is 11.5 Å². The Bertz CT molecular complexity index is 1800. The molecule has 2 saturated heterocycles. The lowest BCUT2D eigenvalue weighted by molar-refractivity contribution is -0.118. The molecule has 2 rings (SSSR count). The Kier molecular flexibility index (Phi) is 54.1. The Morgan fingerprint density at radius 3 is 1.24 bits per heavy atom. The van der Waals surface area contributed by atoms with Crippen LogP contribution in [0.15, 0.2) is 0 Å². The smallest absolute Gasteiger partial charge is 0.217 e. The van der Waals surface area contributed by atoms with Gasteiger partial charge in [0.05, 0.1) is 0 Å². The lowest BCUT2D eigenvalue weighted by Gasteiger charge is -2.32. The van der Waals surface area contributed by atoms with Crippen LogP contribution in [-0.4, -0.2) is 207 Å². The van der Waals surface area contributed by atoms with Crippen LogP contribution >= 0.6 is 0 Å². The van der Waals surface area contributed by atoms with Gasteiger partial charge >= 0.3 is 0 Å². The maximum Gasteiger partial charge on any atom is 0.217 e. The second-order valence-electron chi connectivity index (χ2n) is 32.7. The Morgan fingerprint density at radius 1 is 0.381 bits per heavy atom. The quantitative estimate of drug-likeness (QED) is 0.0284. The predicted molar refractivity (Wildman–Crippen MR) is 417 cm³/mol. The molecule has 0 bridgehead atoms. The number of carbonyl (C=O) groups is 1. The van der Waals surface area contributed by atoms with Crippen molar-refractivity contribution in [3.63, 3.8) is 0 Å². The summed E-state index contributed by atoms with van der Waals surface area (Å²) in [5.41, 5.74) is 10.8. The summed E-state index contributed by atoms with van der Waals surface area (Å²) in [6.45, 7) is 74.5. The summed E-state index contributed by atoms with van der Waals surface area (Å²) in [6.07, 6.45) is 12.9. The Labute approximate surface area is 600 Å². The lowest BCUT2D eigenvalue weighted by Crippen LogP contribution is -2.51. The van der Waals surface area contributed by atoms with E-state index in [0.717, 1.165) is 143 Å². The average molecular weight is 1370 g/mol. The number of nitrogens with two attached hydrogens (primary N) is 2. The number of primary amides is 1. The molecule has 2 aliphatic heterocycles. The molecule has 11 atom stereocenters. The average Bonchev–Trinajstić information content (AvgIpc) is 1.83. The van der Waals surface area contributed by atoms with Crippen LogP contribution in [0.1, 0.15) is 202 Å². The molecule has 0 spiro atoms. The molecule has 0 aromatic carbocycles. The van der Waals surface area contributed by atoms with E-state index in [-0.39, 0.29) is 5.91 Å². The summed E-state index contributed by atoms with van der Waals surface area (Å²) in [7, 11) is 0. The largest absolute Gasteiger partial charge is 0.370 e. The highest BCUT2D eigenvalue weighted by Gasteiger charge is 2.29. The van der Waals surface area contributed by atoms with Gasteiger partial charge < -0.3 is 91.2 Å². The fraction of sp³-hybridized carbons (Fsp3) is 0.896. The van der Waals surface area contributed by atoms with Gasteiger partial charge in [0.1, 0.15) is 0 Å². The highest BCUT2D eigenvalue weighted by Crippen LogP contribution is 2.21. The van der Waals surface area contributed by atoms with Crippen molar-refractivity contribution in [3.8, 4) is 0 Å². The Hall–Kier alpha value is -1.25. The number of amides is 1. The summed E-state index contributed by atoms with van der Waals surface area (Å²) in [6, 6.07) is 4.65. The summed E-state index contributed by atoms with van der Waals surface area (Å²) in [5.74, 6) is 4.98. The highest BCUT2D eigenvalue weighted by molar-refractivity contribution is 5.73. The SMILES string of the molecule is CC(C)C[C@@H](CN[CH]CN1CCC[C@H]1CN[C@H](CN[CH]CCC(N)=O)C(C)C)NC[C@H](CC(C)C)NC[CH]NC[C@H](CC(C)C)NC[C@H](CC(C)C)NC[C@@H](NC[CH]NC[C@@H]1CCCN1C[C@H](CC(C)C)NC[C@H](CC(C)C)NC[CH]NC[C@@H](NC[CH]NC[CH]N)C(C)C)C(C)C. The molecular weight excluding hydrogens is 1210 g/mol. The summed E-state index contributed by atoms with van der Waals surface area (Å²) in [4.78, 5) is 16.5. The van der Waals surface area contributed by atoms with E-state index in [1.807, 2.05) is 13.1 Å². The van der Waals surface area contributed by atoms with Crippen molar-refractivity contribution in [2.24, 2.45) is 64.7 Å². The molecule has 0 saturated carbocycles. The van der Waals surface area contributed by atoms with Crippen molar-refractivity contribution >= 4 is 5.91 Å². The van der Waals surface area contributed by atoms with Gasteiger partial charge in [-0.25, -0.2) is 0 Å². The molecule has 0 aromatic rings. The second kappa shape index (κ2) is 57.1. The molecule has 97 heavy (non-hydrogen) atoms. The minimum absolute atomic E-state index is 0.255. The van der Waals surface area contributed by atoms with Crippen molar-refractivity contribution in [1.82, 2.24) is 89.6 Å². The molecule has 0 aliphatic carbocycles. The van der Waals surface area contributed by atoms with Crippen LogP contribution in [0, 0.1) is 99.1 Å². The lowest BCUT2D eigenvalue weighted by atomic mass is 9.99. The topological polar surface area (TPSA) is 256 Å². The molecule has 0 unspecified atom stereocenters. The standard InChI is InChI=1S/C77H162N19O/c1-57(2)40-66(46-82-29-32-86-68(42-59(5)6)48-90-67(41-58(3)4)47-85-36-39-95-37-20-23-73(95)52-94-75(64(15)16)54-81-26-19-24-77(79)97)91-50-70(44-61(9)10)93-55-76(65(17)18)89-35-31-83-51-72-22-21-38-96(72)56-71(45-62(11)12)92-49-69(43-60(7)8)87-33-30-84-53-74(63(13)14)88-34-28-80-27-25-78/h25-26,28-31,36,57-76,80-94H,19-24,27,32-35,37-56,78H2,1-18H3,(H2,79,97)/t66-,67-,68-,69-,70-,71-,72-,73-,74+,75+,76+/m0/s1. The summed E-state index contributed by atoms with van der Waals surface area (Å²) < 4.78 is 0. The Balaban J connectivity index is 1.83. The number of carbonyl (C=O) groups excluding carboxylic acids is 1. The zero-order valence-electron chi connectivity index (χ0n) is 66.0. The first-order chi connectivity index (χ1) is 46.3. The molecular formula is C77H162N19O. The van der Waals surface area contributed by atoms with E-state index in [9.17, 15) is 4.79 Å². The minimum Gasteiger partial charge on any atom is -0.370 e. The predicted octanol–water partition coefficient (Wildman–Crippen LogP) is 6.68. The molecule has 2 aliphatic rings. The van der Waals surface area contributed by atoms with Crippen LogP contribution in [0.2, 0.25) is 0 Å². The van der Waals surface area contributed by atoms with Crippen LogP contribution in [0.3, 0.4) is 0 Å². The zero-order chi connectivity index (χ0) is 71.8. The monoisotopic (exact) mass is 1370 g/mol. The van der Waals surface area contributed by atoms with Gasteiger partial charge in [0.15, 0.2) is 0 Å². The first kappa shape index (κ1) is 91.8. The third kappa shape index (κ3) is 48.4. The molecule has 571 valence electrons. The number of hydrogen-bond acceptors (Lipinski definition) is 19. The van der Waals surface area contributed by atoms with Crippen LogP contribution in [0.25, 0.3) is 0 Å². The van der Waals surface area contributed by atoms with E-state index < -0.39 is 0 Å². The van der Waals surface area contributed by atoms with Gasteiger partial charge in [-0.05, 0) is 137 Å². The summed E-state index contributed by atoms with van der Waals surface area (Å²) >= 11 is 0. The van der Waals surface area contributed by atoms with Gasteiger partial charge in [-0.2, -0.15) is 0 Å². The van der Waals surface area contributed by atoms with E-state index in [1.165, 1.54) is 38.6 Å². The molecule has 2 heterocycles. The van der Waals surface area contributed by atoms with Gasteiger partial charge in [0.25, 0.3) is 0 Å². The van der Waals surface area contributed by atoms with Crippen molar-refractivity contribution < 1.29 is 4.79 Å². The maximum absolute atomic E-state index is 11.1. The molecule has 20 nitrogen and oxygen atoms in total. The molecule has 1 amide bonds. The van der Waals surface area contributed by atoms with Crippen LogP contribution in [0.4, 0.5) is 0 Å². The second-order valence-corrected chi connectivity index (χ2v) is 32.7. The van der Waals surface area contributed by atoms with E-state index in [0.29, 0.717) is 139 Å². The zero-order valence-corrected chi connectivity index (χ0v) is 66.0. The first-order valence-electron chi connectivity index (χ1n) is 39.6. The Morgan fingerprint density at radius 2 is 0.753 bits per heavy atom. The molecule has 20 heteroatoms. The summed E-state index contributed by atoms with van der Waals surface area (Å²) in [5, 5.41) is 56.9. The van der Waals surface area contributed by atoms with Gasteiger partial charge in [-0.15, -0.1) is 0 Å². The number of nitrogens with one attached hydrogen (secondary N) is 15. The third-order valence-electron chi connectivity index (χ3n) is 19.3. The fourth-order valence-corrected chi connectivity index (χ4v) is 13.9. The van der Waals surface area contributed by atoms with Crippen molar-refractivity contribution in [1.29, 1.82) is 0 Å². The van der Waals surface area contributed by atoms with E-state index in [1.54, 1.807) is 6.54 Å². The number of rotatable bonds is 67. The maximum atomic E-state index is 11.1. The number of nitrogens with zero attached hydrogens (tertiary/aromatic N) is 2. The van der Waals surface area contributed by atoms with Gasteiger partial charge in [-0.3, -0.25) is 14.6 Å². The van der Waals surface area contributed by atoms with Crippen molar-refractivity contribution in [2.45, 2.75) is 268 Å².